The van der Waals surface area contributed by atoms with E-state index in [2.05, 4.69) is 19.2 Å². The van der Waals surface area contributed by atoms with E-state index in [-0.39, 0.29) is 12.0 Å². The highest BCUT2D eigenvalue weighted by molar-refractivity contribution is 7.10. The summed E-state index contributed by atoms with van der Waals surface area (Å²) in [7, 11) is 0. The number of ether oxygens (including phenoxy) is 1. The third kappa shape index (κ3) is 3.61. The SMILES string of the molecule is CCOC(=O)C(NC(C)CC)c1cccs1. The fraction of sp³-hybridized carbons (Fsp3) is 0.583. The molecule has 0 fully saturated rings. The fourth-order valence-electron chi connectivity index (χ4n) is 1.35. The minimum Gasteiger partial charge on any atom is -0.465 e. The van der Waals surface area contributed by atoms with Crippen LogP contribution >= 0.6 is 11.3 Å². The molecular formula is C12H19NO2S. The summed E-state index contributed by atoms with van der Waals surface area (Å²) in [5.41, 5.74) is 0. The van der Waals surface area contributed by atoms with Crippen LogP contribution in [0.2, 0.25) is 0 Å². The van der Waals surface area contributed by atoms with Crippen molar-refractivity contribution in [1.82, 2.24) is 5.32 Å². The predicted molar refractivity (Wildman–Crippen MR) is 66.6 cm³/mol. The maximum atomic E-state index is 11.8. The Morgan fingerprint density at radius 3 is 2.81 bits per heavy atom. The third-order valence-electron chi connectivity index (χ3n) is 2.41. The smallest absolute Gasteiger partial charge is 0.328 e. The number of hydrogen-bond acceptors (Lipinski definition) is 4. The Bertz CT molecular complexity index is 311. The highest BCUT2D eigenvalue weighted by atomic mass is 32.1. The van der Waals surface area contributed by atoms with Crippen molar-refractivity contribution in [2.45, 2.75) is 39.3 Å². The first-order valence-electron chi connectivity index (χ1n) is 5.65. The average Bonchev–Trinajstić information content (AvgIpc) is 2.78. The maximum Gasteiger partial charge on any atom is 0.328 e. The second-order valence-electron chi connectivity index (χ2n) is 3.68. The van der Waals surface area contributed by atoms with E-state index < -0.39 is 0 Å². The molecule has 90 valence electrons. The number of hydrogen-bond donors (Lipinski definition) is 1. The molecule has 1 N–H and O–H groups in total. The van der Waals surface area contributed by atoms with Gasteiger partial charge in [0.25, 0.3) is 0 Å². The van der Waals surface area contributed by atoms with Crippen LogP contribution in [0.5, 0.6) is 0 Å². The zero-order valence-corrected chi connectivity index (χ0v) is 10.8. The third-order valence-corrected chi connectivity index (χ3v) is 3.35. The molecule has 16 heavy (non-hydrogen) atoms. The zero-order valence-electron chi connectivity index (χ0n) is 10.0. The molecule has 2 unspecified atom stereocenters. The summed E-state index contributed by atoms with van der Waals surface area (Å²) < 4.78 is 5.08. The van der Waals surface area contributed by atoms with E-state index in [1.807, 2.05) is 24.4 Å². The lowest BCUT2D eigenvalue weighted by Crippen LogP contribution is -2.35. The number of nitrogens with one attached hydrogen (secondary N) is 1. The Morgan fingerprint density at radius 1 is 1.56 bits per heavy atom. The molecule has 0 saturated carbocycles. The molecule has 0 aliphatic rings. The van der Waals surface area contributed by atoms with Gasteiger partial charge in [-0.15, -0.1) is 11.3 Å². The summed E-state index contributed by atoms with van der Waals surface area (Å²) in [6.07, 6.45) is 0.987. The van der Waals surface area contributed by atoms with E-state index in [1.165, 1.54) is 0 Å². The van der Waals surface area contributed by atoms with Crippen LogP contribution < -0.4 is 5.32 Å². The topological polar surface area (TPSA) is 38.3 Å². The van der Waals surface area contributed by atoms with Crippen molar-refractivity contribution in [3.63, 3.8) is 0 Å². The number of carbonyl (C=O) groups is 1. The van der Waals surface area contributed by atoms with Crippen molar-refractivity contribution in [1.29, 1.82) is 0 Å². The zero-order chi connectivity index (χ0) is 12.0. The highest BCUT2D eigenvalue weighted by Crippen LogP contribution is 2.21. The van der Waals surface area contributed by atoms with E-state index in [0.717, 1.165) is 11.3 Å². The van der Waals surface area contributed by atoms with Crippen LogP contribution in [0.25, 0.3) is 0 Å². The van der Waals surface area contributed by atoms with Crippen molar-refractivity contribution < 1.29 is 9.53 Å². The molecule has 3 nitrogen and oxygen atoms in total. The molecule has 1 rings (SSSR count). The molecule has 2 atom stereocenters. The van der Waals surface area contributed by atoms with Crippen molar-refractivity contribution in [2.75, 3.05) is 6.61 Å². The highest BCUT2D eigenvalue weighted by Gasteiger charge is 2.23. The lowest BCUT2D eigenvalue weighted by Gasteiger charge is -2.20. The monoisotopic (exact) mass is 241 g/mol. The van der Waals surface area contributed by atoms with Gasteiger partial charge < -0.3 is 4.74 Å². The second-order valence-corrected chi connectivity index (χ2v) is 4.66. The van der Waals surface area contributed by atoms with Gasteiger partial charge in [-0.1, -0.05) is 13.0 Å². The molecule has 0 spiro atoms. The van der Waals surface area contributed by atoms with Crippen LogP contribution in [0.4, 0.5) is 0 Å². The number of esters is 1. The van der Waals surface area contributed by atoms with Crippen LogP contribution in [0.1, 0.15) is 38.1 Å². The number of carbonyl (C=O) groups excluding carboxylic acids is 1. The van der Waals surface area contributed by atoms with Gasteiger partial charge in [0.15, 0.2) is 0 Å². The van der Waals surface area contributed by atoms with Crippen LogP contribution in [-0.4, -0.2) is 18.6 Å². The molecule has 1 aromatic rings. The van der Waals surface area contributed by atoms with Crippen LogP contribution in [-0.2, 0) is 9.53 Å². The van der Waals surface area contributed by atoms with Gasteiger partial charge in [0, 0.05) is 10.9 Å². The second kappa shape index (κ2) is 6.66. The van der Waals surface area contributed by atoms with Crippen molar-refractivity contribution in [3.05, 3.63) is 22.4 Å². The summed E-state index contributed by atoms with van der Waals surface area (Å²) in [6.45, 7) is 6.41. The van der Waals surface area contributed by atoms with Gasteiger partial charge in [0.2, 0.25) is 0 Å². The number of thiophene rings is 1. The Hall–Kier alpha value is -0.870. The van der Waals surface area contributed by atoms with Gasteiger partial charge in [0.1, 0.15) is 6.04 Å². The molecule has 0 radical (unpaired) electrons. The maximum absolute atomic E-state index is 11.8. The quantitative estimate of drug-likeness (QED) is 0.778. The summed E-state index contributed by atoms with van der Waals surface area (Å²) >= 11 is 1.57. The van der Waals surface area contributed by atoms with Crippen LogP contribution in [0, 0.1) is 0 Å². The van der Waals surface area contributed by atoms with Gasteiger partial charge in [0.05, 0.1) is 6.61 Å². The first kappa shape index (κ1) is 13.2. The summed E-state index contributed by atoms with van der Waals surface area (Å²) in [6, 6.07) is 3.89. The first-order chi connectivity index (χ1) is 7.69. The molecule has 4 heteroatoms. The van der Waals surface area contributed by atoms with Gasteiger partial charge >= 0.3 is 5.97 Å². The van der Waals surface area contributed by atoms with Gasteiger partial charge in [-0.25, -0.2) is 4.79 Å². The minimum atomic E-state index is -0.324. The van der Waals surface area contributed by atoms with Crippen molar-refractivity contribution in [3.8, 4) is 0 Å². The van der Waals surface area contributed by atoms with E-state index in [4.69, 9.17) is 4.74 Å². The molecule has 0 saturated heterocycles. The van der Waals surface area contributed by atoms with Crippen molar-refractivity contribution in [2.24, 2.45) is 0 Å². The Kier molecular flexibility index (Phi) is 5.49. The standard InChI is InChI=1S/C12H19NO2S/c1-4-9(3)13-11(12(14)15-5-2)10-7-6-8-16-10/h6-9,11,13H,4-5H2,1-3H3. The molecule has 0 amide bonds. The molecular weight excluding hydrogens is 222 g/mol. The summed E-state index contributed by atoms with van der Waals surface area (Å²) in [5.74, 6) is -0.190. The number of rotatable bonds is 6. The summed E-state index contributed by atoms with van der Waals surface area (Å²) in [5, 5.41) is 5.26. The molecule has 1 heterocycles. The average molecular weight is 241 g/mol. The molecule has 0 aliphatic carbocycles. The Morgan fingerprint density at radius 2 is 2.31 bits per heavy atom. The summed E-state index contributed by atoms with van der Waals surface area (Å²) in [4.78, 5) is 12.8. The van der Waals surface area contributed by atoms with Gasteiger partial charge in [-0.2, -0.15) is 0 Å². The van der Waals surface area contributed by atoms with Gasteiger partial charge in [-0.05, 0) is 31.7 Å². The fourth-order valence-corrected chi connectivity index (χ4v) is 2.12. The molecule has 1 aromatic heterocycles. The lowest BCUT2D eigenvalue weighted by atomic mass is 10.2. The molecule has 0 aliphatic heterocycles. The van der Waals surface area contributed by atoms with Crippen LogP contribution in [0.3, 0.4) is 0 Å². The lowest BCUT2D eigenvalue weighted by molar-refractivity contribution is -0.146. The van der Waals surface area contributed by atoms with E-state index in [0.29, 0.717) is 12.6 Å². The van der Waals surface area contributed by atoms with E-state index >= 15 is 0 Å². The van der Waals surface area contributed by atoms with Crippen molar-refractivity contribution >= 4 is 17.3 Å². The Balaban J connectivity index is 2.73. The van der Waals surface area contributed by atoms with Gasteiger partial charge in [-0.3, -0.25) is 5.32 Å². The predicted octanol–water partition coefficient (Wildman–Crippen LogP) is 2.74. The molecule has 0 bridgehead atoms. The van der Waals surface area contributed by atoms with E-state index in [9.17, 15) is 4.79 Å². The normalized spacial score (nSPS) is 14.4. The Labute approximate surface area is 101 Å². The largest absolute Gasteiger partial charge is 0.465 e. The minimum absolute atomic E-state index is 0.190. The van der Waals surface area contributed by atoms with E-state index in [1.54, 1.807) is 11.3 Å². The van der Waals surface area contributed by atoms with Crippen LogP contribution in [0.15, 0.2) is 17.5 Å². The first-order valence-corrected chi connectivity index (χ1v) is 6.53. The molecule has 0 aromatic carbocycles.